The molecule has 180 valence electrons. The van der Waals surface area contributed by atoms with Crippen LogP contribution in [0.5, 0.6) is 0 Å². The summed E-state index contributed by atoms with van der Waals surface area (Å²) in [5.41, 5.74) is 4.02. The standard InChI is InChI=1S/C24H25F2N3O4S/c1-13-8-18-23(27-13)19(10-15(28-18)11-20(30)16-12-24(16,25)26)29-17-6-5-14(21-4-3-7-33-21)9-22(17)34(2,31)32/h5-6,9-10,16,21H,3-4,7-8,11-12H2,1-2H3,(H,28,29)/t16?,21-/m1/s1. The lowest BCUT2D eigenvalue weighted by Gasteiger charge is -2.17. The summed E-state index contributed by atoms with van der Waals surface area (Å²) in [7, 11) is -3.58. The van der Waals surface area contributed by atoms with Crippen LogP contribution in [0.25, 0.3) is 0 Å². The molecule has 1 saturated heterocycles. The Balaban J connectivity index is 1.50. The van der Waals surface area contributed by atoms with Crippen LogP contribution in [0.15, 0.2) is 34.2 Å². The molecule has 5 rings (SSSR count). The molecule has 1 N–H and O–H groups in total. The van der Waals surface area contributed by atoms with Gasteiger partial charge in [-0.15, -0.1) is 0 Å². The molecule has 1 aromatic carbocycles. The van der Waals surface area contributed by atoms with Gasteiger partial charge < -0.3 is 10.1 Å². The van der Waals surface area contributed by atoms with E-state index in [-0.39, 0.29) is 17.4 Å². The molecule has 10 heteroatoms. The Morgan fingerprint density at radius 3 is 2.68 bits per heavy atom. The van der Waals surface area contributed by atoms with Crippen LogP contribution < -0.4 is 5.32 Å². The second kappa shape index (κ2) is 8.20. The molecule has 0 radical (unpaired) electrons. The Morgan fingerprint density at radius 1 is 1.26 bits per heavy atom. The number of nitrogens with one attached hydrogen (secondary N) is 1. The highest BCUT2D eigenvalue weighted by molar-refractivity contribution is 7.90. The number of rotatable bonds is 7. The summed E-state index contributed by atoms with van der Waals surface area (Å²) in [5.74, 6) is -4.72. The van der Waals surface area contributed by atoms with Crippen LogP contribution in [-0.2, 0) is 32.2 Å². The number of halogens is 2. The van der Waals surface area contributed by atoms with E-state index in [0.717, 1.165) is 30.4 Å². The first-order valence-electron chi connectivity index (χ1n) is 11.2. The molecule has 1 aliphatic carbocycles. The van der Waals surface area contributed by atoms with E-state index in [1.54, 1.807) is 18.2 Å². The number of Topliss-reactive ketones (excluding diaryl/α,β-unsaturated/α-hetero) is 1. The maximum absolute atomic E-state index is 13.4. The highest BCUT2D eigenvalue weighted by Crippen LogP contribution is 2.49. The molecule has 2 aliphatic heterocycles. The van der Waals surface area contributed by atoms with E-state index in [2.05, 4.69) is 15.3 Å². The Hall–Kier alpha value is -2.72. The van der Waals surface area contributed by atoms with Gasteiger partial charge in [0, 0.05) is 37.8 Å². The molecule has 0 bridgehead atoms. The summed E-state index contributed by atoms with van der Waals surface area (Å²) in [6.45, 7) is 2.49. The lowest BCUT2D eigenvalue weighted by molar-refractivity contribution is -0.121. The number of alkyl halides is 2. The van der Waals surface area contributed by atoms with E-state index in [1.165, 1.54) is 0 Å². The third-order valence-electron chi connectivity index (χ3n) is 6.39. The number of ether oxygens (including phenoxy) is 1. The Labute approximate surface area is 196 Å². The van der Waals surface area contributed by atoms with E-state index < -0.39 is 33.9 Å². The Bertz CT molecular complexity index is 1320. The van der Waals surface area contributed by atoms with Crippen molar-refractivity contribution >= 4 is 38.4 Å². The molecular weight excluding hydrogens is 464 g/mol. The quantitative estimate of drug-likeness (QED) is 0.615. The van der Waals surface area contributed by atoms with Gasteiger partial charge in [0.05, 0.1) is 39.7 Å². The molecular formula is C24H25F2N3O4S. The second-order valence-electron chi connectivity index (χ2n) is 9.30. The minimum absolute atomic E-state index is 0.125. The van der Waals surface area contributed by atoms with Crippen molar-refractivity contribution in [3.05, 3.63) is 41.2 Å². The van der Waals surface area contributed by atoms with E-state index >= 15 is 0 Å². The van der Waals surface area contributed by atoms with Gasteiger partial charge in [-0.3, -0.25) is 14.8 Å². The van der Waals surface area contributed by atoms with Gasteiger partial charge in [0.15, 0.2) is 9.84 Å². The van der Waals surface area contributed by atoms with E-state index in [4.69, 9.17) is 4.74 Å². The van der Waals surface area contributed by atoms with Crippen molar-refractivity contribution in [1.29, 1.82) is 0 Å². The number of hydrogen-bond acceptors (Lipinski definition) is 7. The smallest absolute Gasteiger partial charge is 0.258 e. The molecule has 7 nitrogen and oxygen atoms in total. The summed E-state index contributed by atoms with van der Waals surface area (Å²) >= 11 is 0. The van der Waals surface area contributed by atoms with Crippen LogP contribution in [0.3, 0.4) is 0 Å². The first-order chi connectivity index (χ1) is 16.0. The van der Waals surface area contributed by atoms with Crippen molar-refractivity contribution in [3.8, 4) is 0 Å². The molecule has 0 amide bonds. The minimum atomic E-state index is -3.58. The zero-order valence-corrected chi connectivity index (χ0v) is 19.7. The number of ketones is 1. The summed E-state index contributed by atoms with van der Waals surface area (Å²) in [5, 5.41) is 3.17. The number of fused-ring (bicyclic) bond motifs is 1. The Kier molecular flexibility index (Phi) is 5.55. The van der Waals surface area contributed by atoms with Crippen LogP contribution >= 0.6 is 0 Å². The number of nitrogens with zero attached hydrogens (tertiary/aromatic N) is 2. The predicted molar refractivity (Wildman–Crippen MR) is 123 cm³/mol. The van der Waals surface area contributed by atoms with Gasteiger partial charge in [0.2, 0.25) is 0 Å². The number of hydrogen-bond donors (Lipinski definition) is 1. The van der Waals surface area contributed by atoms with Crippen molar-refractivity contribution in [2.75, 3.05) is 18.2 Å². The maximum Gasteiger partial charge on any atom is 0.258 e. The van der Waals surface area contributed by atoms with Crippen molar-refractivity contribution < 1.29 is 26.7 Å². The van der Waals surface area contributed by atoms with Crippen LogP contribution in [0.4, 0.5) is 25.8 Å². The lowest BCUT2D eigenvalue weighted by atomic mass is 10.1. The third-order valence-corrected chi connectivity index (χ3v) is 7.53. The number of pyridine rings is 1. The molecule has 1 aromatic heterocycles. The number of benzene rings is 1. The number of carbonyl (C=O) groups is 1. The van der Waals surface area contributed by atoms with Crippen molar-refractivity contribution in [2.45, 2.75) is 55.9 Å². The molecule has 3 heterocycles. The van der Waals surface area contributed by atoms with E-state index in [1.807, 2.05) is 13.0 Å². The van der Waals surface area contributed by atoms with Gasteiger partial charge in [-0.25, -0.2) is 17.2 Å². The topological polar surface area (TPSA) is 97.7 Å². The summed E-state index contributed by atoms with van der Waals surface area (Å²) in [4.78, 5) is 21.5. The molecule has 34 heavy (non-hydrogen) atoms. The molecule has 3 aliphatic rings. The zero-order valence-electron chi connectivity index (χ0n) is 18.9. The van der Waals surface area contributed by atoms with Crippen molar-refractivity contribution in [3.63, 3.8) is 0 Å². The number of anilines is 2. The number of carbonyl (C=O) groups excluding carboxylic acids is 1. The molecule has 1 unspecified atom stereocenters. The predicted octanol–water partition coefficient (Wildman–Crippen LogP) is 4.50. The fraction of sp³-hybridized carbons (Fsp3) is 0.458. The number of aromatic nitrogens is 1. The summed E-state index contributed by atoms with van der Waals surface area (Å²) in [6.07, 6.45) is 2.61. The highest BCUT2D eigenvalue weighted by atomic mass is 32.2. The number of sulfone groups is 1. The van der Waals surface area contributed by atoms with Crippen molar-refractivity contribution in [2.24, 2.45) is 10.9 Å². The van der Waals surface area contributed by atoms with Gasteiger partial charge in [0.25, 0.3) is 5.92 Å². The summed E-state index contributed by atoms with van der Waals surface area (Å²) < 4.78 is 57.6. The van der Waals surface area contributed by atoms with Crippen LogP contribution in [0, 0.1) is 5.92 Å². The van der Waals surface area contributed by atoms with Gasteiger partial charge in [-0.2, -0.15) is 0 Å². The van der Waals surface area contributed by atoms with Gasteiger partial charge in [-0.05, 0) is 43.5 Å². The highest BCUT2D eigenvalue weighted by Gasteiger charge is 2.60. The van der Waals surface area contributed by atoms with Crippen molar-refractivity contribution in [1.82, 2.24) is 4.98 Å². The lowest BCUT2D eigenvalue weighted by Crippen LogP contribution is -2.12. The SMILES string of the molecule is CC1=Nc2c(Nc3ccc([C@H]4CCCO4)cc3S(C)(=O)=O)cc(CC(=O)C3CC3(F)F)nc2C1. The fourth-order valence-corrected chi connectivity index (χ4v) is 5.42. The van der Waals surface area contributed by atoms with Gasteiger partial charge >= 0.3 is 0 Å². The number of aliphatic imine (C=N–C) groups is 1. The van der Waals surface area contributed by atoms with Gasteiger partial charge in [0.1, 0.15) is 11.5 Å². The van der Waals surface area contributed by atoms with Crippen LogP contribution in [0.1, 0.15) is 49.2 Å². The molecule has 0 spiro atoms. The van der Waals surface area contributed by atoms with E-state index in [9.17, 15) is 22.0 Å². The molecule has 2 aromatic rings. The third kappa shape index (κ3) is 4.48. The van der Waals surface area contributed by atoms with E-state index in [0.29, 0.717) is 41.5 Å². The molecule has 1 saturated carbocycles. The molecule has 2 atom stereocenters. The average molecular weight is 490 g/mol. The zero-order chi connectivity index (χ0) is 24.3. The Morgan fingerprint density at radius 2 is 2.03 bits per heavy atom. The first kappa shape index (κ1) is 23.0. The monoisotopic (exact) mass is 489 g/mol. The average Bonchev–Trinajstić information content (AvgIpc) is 3.12. The normalized spacial score (nSPS) is 22.9. The maximum atomic E-state index is 13.4. The van der Waals surface area contributed by atoms with Crippen LogP contribution in [0.2, 0.25) is 0 Å². The fourth-order valence-electron chi connectivity index (χ4n) is 4.55. The van der Waals surface area contributed by atoms with Crippen LogP contribution in [-0.4, -0.2) is 43.7 Å². The minimum Gasteiger partial charge on any atom is -0.374 e. The van der Waals surface area contributed by atoms with Gasteiger partial charge in [-0.1, -0.05) is 6.07 Å². The molecule has 2 fully saturated rings. The largest absolute Gasteiger partial charge is 0.374 e. The summed E-state index contributed by atoms with van der Waals surface area (Å²) in [6, 6.07) is 6.76. The first-order valence-corrected chi connectivity index (χ1v) is 13.1. The second-order valence-corrected chi connectivity index (χ2v) is 11.3.